The summed E-state index contributed by atoms with van der Waals surface area (Å²) in [6, 6.07) is 7.03. The second-order valence-corrected chi connectivity index (χ2v) is 5.59. The summed E-state index contributed by atoms with van der Waals surface area (Å²) in [5.74, 6) is 0.218. The summed E-state index contributed by atoms with van der Waals surface area (Å²) in [5, 5.41) is 9.31. The largest absolute Gasteiger partial charge is 0.492 e. The quantitative estimate of drug-likeness (QED) is 0.771. The molecule has 0 aliphatic heterocycles. The number of aromatic nitrogens is 2. The summed E-state index contributed by atoms with van der Waals surface area (Å²) in [4.78, 5) is 11.6. The first-order valence-electron chi connectivity index (χ1n) is 6.35. The first-order chi connectivity index (χ1) is 10.6. The van der Waals surface area contributed by atoms with Gasteiger partial charge in [-0.15, -0.1) is 10.2 Å². The lowest BCUT2D eigenvalue weighted by atomic mass is 10.3. The molecule has 22 heavy (non-hydrogen) atoms. The van der Waals surface area contributed by atoms with Crippen molar-refractivity contribution in [1.82, 2.24) is 10.2 Å². The highest BCUT2D eigenvalue weighted by molar-refractivity contribution is 7.15. The summed E-state index contributed by atoms with van der Waals surface area (Å²) in [5.41, 5.74) is 0. The number of carbonyl (C=O) groups excluding carboxylic acids is 1. The van der Waals surface area contributed by atoms with E-state index in [1.165, 1.54) is 0 Å². The number of ether oxygens (including phenoxy) is 1. The maximum Gasteiger partial charge on any atom is 0.291 e. The predicted octanol–water partition coefficient (Wildman–Crippen LogP) is 3.93. The summed E-state index contributed by atoms with van der Waals surface area (Å²) in [6.07, 6.45) is -2.06. The van der Waals surface area contributed by atoms with Crippen LogP contribution in [0.1, 0.15) is 24.3 Å². The number of benzene rings is 1. The number of carbonyl (C=O) groups is 1. The number of halogens is 3. The van der Waals surface area contributed by atoms with Gasteiger partial charge < -0.3 is 10.1 Å². The Morgan fingerprint density at radius 3 is 2.82 bits per heavy atom. The zero-order chi connectivity index (χ0) is 15.9. The van der Waals surface area contributed by atoms with E-state index in [0.29, 0.717) is 35.1 Å². The fraction of sp³-hybridized carbons (Fsp3) is 0.308. The van der Waals surface area contributed by atoms with E-state index < -0.39 is 11.4 Å². The molecule has 0 fully saturated rings. The number of alkyl halides is 2. The van der Waals surface area contributed by atoms with Crippen LogP contribution in [0.3, 0.4) is 0 Å². The molecule has 0 bridgehead atoms. The van der Waals surface area contributed by atoms with Crippen LogP contribution in [0.15, 0.2) is 24.3 Å². The van der Waals surface area contributed by atoms with Crippen molar-refractivity contribution in [3.05, 3.63) is 34.3 Å². The molecule has 0 aliphatic carbocycles. The molecule has 1 aromatic carbocycles. The Balaban J connectivity index is 1.70. The molecule has 2 rings (SSSR count). The van der Waals surface area contributed by atoms with E-state index in [2.05, 4.69) is 15.5 Å². The van der Waals surface area contributed by atoms with Gasteiger partial charge in [-0.2, -0.15) is 0 Å². The van der Waals surface area contributed by atoms with E-state index in [4.69, 9.17) is 16.3 Å². The first-order valence-corrected chi connectivity index (χ1v) is 7.54. The molecule has 0 radical (unpaired) electrons. The number of nitrogens with one attached hydrogen (secondary N) is 1. The molecule has 0 saturated carbocycles. The molecule has 1 heterocycles. The molecular formula is C13H12ClF2N3O2S. The number of hydrogen-bond acceptors (Lipinski definition) is 5. The Hall–Kier alpha value is -1.80. The Morgan fingerprint density at radius 1 is 1.36 bits per heavy atom. The van der Waals surface area contributed by atoms with Crippen LogP contribution in [-0.4, -0.2) is 22.7 Å². The third kappa shape index (κ3) is 4.88. The zero-order valence-electron chi connectivity index (χ0n) is 11.3. The van der Waals surface area contributed by atoms with Crippen LogP contribution < -0.4 is 10.1 Å². The summed E-state index contributed by atoms with van der Waals surface area (Å²) >= 11 is 6.58. The molecule has 1 aromatic heterocycles. The van der Waals surface area contributed by atoms with Crippen molar-refractivity contribution in [3.63, 3.8) is 0 Å². The lowest BCUT2D eigenvalue weighted by Crippen LogP contribution is -2.12. The number of para-hydroxylation sites is 1. The smallest absolute Gasteiger partial charge is 0.291 e. The van der Waals surface area contributed by atoms with Crippen LogP contribution in [0.25, 0.3) is 0 Å². The number of hydrogen-bond donors (Lipinski definition) is 1. The van der Waals surface area contributed by atoms with Crippen molar-refractivity contribution < 1.29 is 18.3 Å². The van der Waals surface area contributed by atoms with Crippen molar-refractivity contribution >= 4 is 34.0 Å². The van der Waals surface area contributed by atoms with Crippen LogP contribution in [0, 0.1) is 0 Å². The Bertz CT molecular complexity index is 639. The second kappa shape index (κ2) is 8.00. The van der Waals surface area contributed by atoms with Gasteiger partial charge in [-0.05, 0) is 18.6 Å². The molecule has 0 saturated heterocycles. The minimum Gasteiger partial charge on any atom is -0.492 e. The molecule has 0 unspecified atom stereocenters. The van der Waals surface area contributed by atoms with Gasteiger partial charge in [0.05, 0.1) is 11.6 Å². The summed E-state index contributed by atoms with van der Waals surface area (Å²) < 4.78 is 30.1. The van der Waals surface area contributed by atoms with Gasteiger partial charge in [0.1, 0.15) is 5.75 Å². The van der Waals surface area contributed by atoms with Crippen molar-refractivity contribution in [1.29, 1.82) is 0 Å². The topological polar surface area (TPSA) is 64.1 Å². The highest BCUT2D eigenvalue weighted by atomic mass is 35.5. The van der Waals surface area contributed by atoms with Crippen LogP contribution in [0.2, 0.25) is 5.02 Å². The number of rotatable bonds is 7. The molecular weight excluding hydrogens is 336 g/mol. The van der Waals surface area contributed by atoms with Crippen molar-refractivity contribution in [2.45, 2.75) is 19.3 Å². The Kier molecular flexibility index (Phi) is 6.02. The van der Waals surface area contributed by atoms with Crippen molar-refractivity contribution in [2.24, 2.45) is 0 Å². The molecule has 5 nitrogen and oxygen atoms in total. The number of nitrogens with zero attached hydrogens (tertiary/aromatic N) is 2. The van der Waals surface area contributed by atoms with E-state index in [1.807, 2.05) is 0 Å². The SMILES string of the molecule is O=C(CCCOc1ccccc1Cl)Nc1nnc(C(F)F)s1. The van der Waals surface area contributed by atoms with Crippen molar-refractivity contribution in [3.8, 4) is 5.75 Å². The molecule has 0 atom stereocenters. The third-order valence-corrected chi connectivity index (χ3v) is 3.67. The molecule has 2 aromatic rings. The zero-order valence-corrected chi connectivity index (χ0v) is 12.8. The predicted molar refractivity (Wildman–Crippen MR) is 79.7 cm³/mol. The monoisotopic (exact) mass is 347 g/mol. The fourth-order valence-electron chi connectivity index (χ4n) is 1.53. The third-order valence-electron chi connectivity index (χ3n) is 2.52. The summed E-state index contributed by atoms with van der Waals surface area (Å²) in [7, 11) is 0. The minimum absolute atomic E-state index is 0.0623. The van der Waals surface area contributed by atoms with Crippen LogP contribution in [0.5, 0.6) is 5.75 Å². The molecule has 118 valence electrons. The van der Waals surface area contributed by atoms with Gasteiger partial charge >= 0.3 is 0 Å². The van der Waals surface area contributed by atoms with E-state index in [0.717, 1.165) is 0 Å². The van der Waals surface area contributed by atoms with E-state index >= 15 is 0 Å². The van der Waals surface area contributed by atoms with Crippen LogP contribution in [0.4, 0.5) is 13.9 Å². The van der Waals surface area contributed by atoms with Gasteiger partial charge in [-0.1, -0.05) is 35.1 Å². The minimum atomic E-state index is -2.69. The van der Waals surface area contributed by atoms with E-state index in [-0.39, 0.29) is 17.5 Å². The van der Waals surface area contributed by atoms with Gasteiger partial charge in [-0.25, -0.2) is 8.78 Å². The van der Waals surface area contributed by atoms with Gasteiger partial charge in [0.25, 0.3) is 6.43 Å². The standard InChI is InChI=1S/C13H12ClF2N3O2S/c14-8-4-1-2-5-9(8)21-7-3-6-10(20)17-13-19-18-12(22-13)11(15)16/h1-2,4-5,11H,3,6-7H2,(H,17,19,20). The van der Waals surface area contributed by atoms with Gasteiger partial charge in [0.2, 0.25) is 11.0 Å². The average Bonchev–Trinajstić information content (AvgIpc) is 2.94. The highest BCUT2D eigenvalue weighted by Crippen LogP contribution is 2.25. The van der Waals surface area contributed by atoms with Gasteiger partial charge in [0, 0.05) is 6.42 Å². The molecule has 1 N–H and O–H groups in total. The first kappa shape index (κ1) is 16.6. The molecule has 0 aliphatic rings. The number of amides is 1. The van der Waals surface area contributed by atoms with Crippen molar-refractivity contribution in [2.75, 3.05) is 11.9 Å². The second-order valence-electron chi connectivity index (χ2n) is 4.18. The summed E-state index contributed by atoms with van der Waals surface area (Å²) in [6.45, 7) is 0.315. The Morgan fingerprint density at radius 2 is 2.14 bits per heavy atom. The maximum atomic E-state index is 12.3. The van der Waals surface area contributed by atoms with Crippen LogP contribution in [-0.2, 0) is 4.79 Å². The lowest BCUT2D eigenvalue weighted by Gasteiger charge is -2.07. The van der Waals surface area contributed by atoms with E-state index in [1.54, 1.807) is 24.3 Å². The number of anilines is 1. The van der Waals surface area contributed by atoms with Crippen LogP contribution >= 0.6 is 22.9 Å². The molecule has 0 spiro atoms. The van der Waals surface area contributed by atoms with Gasteiger partial charge in [-0.3, -0.25) is 4.79 Å². The fourth-order valence-corrected chi connectivity index (χ4v) is 2.34. The molecule has 1 amide bonds. The lowest BCUT2D eigenvalue weighted by molar-refractivity contribution is -0.116. The van der Waals surface area contributed by atoms with E-state index in [9.17, 15) is 13.6 Å². The Labute approximate surface area is 134 Å². The van der Waals surface area contributed by atoms with Gasteiger partial charge in [0.15, 0.2) is 5.01 Å². The average molecular weight is 348 g/mol. The highest BCUT2D eigenvalue weighted by Gasteiger charge is 2.15. The molecule has 9 heteroatoms. The maximum absolute atomic E-state index is 12.3. The normalized spacial score (nSPS) is 10.7.